The zero-order chi connectivity index (χ0) is 10.6. The molecule has 15 heavy (non-hydrogen) atoms. The van der Waals surface area contributed by atoms with Gasteiger partial charge in [-0.3, -0.25) is 4.57 Å². The van der Waals surface area contributed by atoms with Gasteiger partial charge in [-0.25, -0.2) is 0 Å². The Hall–Kier alpha value is -1.42. The van der Waals surface area contributed by atoms with Gasteiger partial charge < -0.3 is 14.9 Å². The van der Waals surface area contributed by atoms with Crippen LogP contribution in [0.5, 0.6) is 11.8 Å². The Bertz CT molecular complexity index is 412. The number of fused-ring (bicyclic) bond motifs is 5. The molecule has 0 amide bonds. The Labute approximate surface area is 87.4 Å². The number of aromatic nitrogens is 1. The topological polar surface area (TPSA) is 54.6 Å². The van der Waals surface area contributed by atoms with E-state index in [9.17, 15) is 10.2 Å². The van der Waals surface area contributed by atoms with Crippen LogP contribution < -0.4 is 0 Å². The number of aromatic hydroxyl groups is 2. The van der Waals surface area contributed by atoms with Crippen LogP contribution in [0.15, 0.2) is 12.2 Å². The van der Waals surface area contributed by atoms with Crippen molar-refractivity contribution in [2.45, 2.75) is 32.1 Å². The molecule has 2 N–H and O–H groups in total. The summed E-state index contributed by atoms with van der Waals surface area (Å²) >= 11 is 0. The van der Waals surface area contributed by atoms with Gasteiger partial charge in [0.15, 0.2) is 0 Å². The molecule has 0 saturated heterocycles. The molecular weight excluding hydrogens is 194 g/mol. The molecule has 0 aromatic carbocycles. The Balaban J connectivity index is 2.17. The Morgan fingerprint density at radius 1 is 1.20 bits per heavy atom. The van der Waals surface area contributed by atoms with Crippen LogP contribution in [0.1, 0.15) is 36.7 Å². The minimum Gasteiger partial charge on any atom is -0.494 e. The molecule has 0 fully saturated rings. The van der Waals surface area contributed by atoms with Gasteiger partial charge in [0.1, 0.15) is 12.2 Å². The third kappa shape index (κ3) is 0.946. The van der Waals surface area contributed by atoms with Gasteiger partial charge in [0.05, 0.1) is 11.1 Å². The van der Waals surface area contributed by atoms with E-state index in [1.54, 1.807) is 4.57 Å². The van der Waals surface area contributed by atoms with Crippen molar-refractivity contribution in [3.05, 3.63) is 23.3 Å². The van der Waals surface area contributed by atoms with E-state index < -0.39 is 0 Å². The first-order chi connectivity index (χ1) is 7.24. The molecule has 3 heterocycles. The van der Waals surface area contributed by atoms with Gasteiger partial charge in [0.25, 0.3) is 0 Å². The lowest BCUT2D eigenvalue weighted by Crippen LogP contribution is -1.98. The summed E-state index contributed by atoms with van der Waals surface area (Å²) in [7, 11) is 0. The predicted molar refractivity (Wildman–Crippen MR) is 53.8 cm³/mol. The van der Waals surface area contributed by atoms with Crippen molar-refractivity contribution in [3.8, 4) is 11.8 Å². The maximum Gasteiger partial charge on any atom is 0.200 e. The first kappa shape index (κ1) is 8.85. The van der Waals surface area contributed by atoms with Crippen LogP contribution in [-0.2, 0) is 11.3 Å². The van der Waals surface area contributed by atoms with Crippen LogP contribution in [0.2, 0.25) is 0 Å². The highest BCUT2D eigenvalue weighted by Gasteiger charge is 2.41. The molecule has 1 aromatic heterocycles. The number of ether oxygens (including phenoxy) is 1. The van der Waals surface area contributed by atoms with Crippen LogP contribution in [0.3, 0.4) is 0 Å². The van der Waals surface area contributed by atoms with Crippen molar-refractivity contribution in [2.75, 3.05) is 0 Å². The van der Waals surface area contributed by atoms with E-state index in [0.29, 0.717) is 6.54 Å². The smallest absolute Gasteiger partial charge is 0.200 e. The van der Waals surface area contributed by atoms with Crippen molar-refractivity contribution >= 4 is 0 Å². The molecule has 2 unspecified atom stereocenters. The summed E-state index contributed by atoms with van der Waals surface area (Å²) in [5.74, 6) is 0.308. The van der Waals surface area contributed by atoms with E-state index in [2.05, 4.69) is 0 Å². The molecule has 4 heteroatoms. The van der Waals surface area contributed by atoms with E-state index in [1.807, 2.05) is 19.1 Å². The highest BCUT2D eigenvalue weighted by molar-refractivity contribution is 5.55. The molecule has 0 spiro atoms. The Morgan fingerprint density at radius 2 is 1.73 bits per heavy atom. The predicted octanol–water partition coefficient (Wildman–Crippen LogP) is 1.99. The molecule has 2 bridgehead atoms. The highest BCUT2D eigenvalue weighted by atomic mass is 16.5. The zero-order valence-electron chi connectivity index (χ0n) is 8.47. The molecular formula is C11H13NO3. The van der Waals surface area contributed by atoms with Gasteiger partial charge in [0.2, 0.25) is 11.8 Å². The molecule has 2 aliphatic heterocycles. The third-order valence-electron chi connectivity index (χ3n) is 3.05. The average Bonchev–Trinajstić information content (AvgIpc) is 2.87. The Kier molecular flexibility index (Phi) is 1.65. The summed E-state index contributed by atoms with van der Waals surface area (Å²) in [6, 6.07) is 0. The van der Waals surface area contributed by atoms with Crippen molar-refractivity contribution in [2.24, 2.45) is 0 Å². The van der Waals surface area contributed by atoms with Crippen molar-refractivity contribution < 1.29 is 14.9 Å². The molecule has 4 nitrogen and oxygen atoms in total. The standard InChI is InChI=1S/C11H13NO3/c1-2-5-12-10(13)8-6-3-4-7(15-6)9(8)11(12)14/h3-4,6-7,13-14H,2,5H2,1H3. The molecule has 0 radical (unpaired) electrons. The van der Waals surface area contributed by atoms with Crippen LogP contribution in [0.4, 0.5) is 0 Å². The second kappa shape index (κ2) is 2.79. The fraction of sp³-hybridized carbons (Fsp3) is 0.455. The summed E-state index contributed by atoms with van der Waals surface area (Å²) in [5, 5.41) is 19.9. The van der Waals surface area contributed by atoms with E-state index in [1.165, 1.54) is 0 Å². The zero-order valence-corrected chi connectivity index (χ0v) is 8.47. The fourth-order valence-corrected chi connectivity index (χ4v) is 2.41. The highest BCUT2D eigenvalue weighted by Crippen LogP contribution is 2.54. The molecule has 1 aromatic rings. The normalized spacial score (nSPS) is 26.2. The monoisotopic (exact) mass is 207 g/mol. The van der Waals surface area contributed by atoms with Crippen LogP contribution >= 0.6 is 0 Å². The largest absolute Gasteiger partial charge is 0.494 e. The van der Waals surface area contributed by atoms with Gasteiger partial charge in [-0.1, -0.05) is 19.1 Å². The first-order valence-corrected chi connectivity index (χ1v) is 5.22. The van der Waals surface area contributed by atoms with Gasteiger partial charge in [-0.05, 0) is 6.42 Å². The maximum absolute atomic E-state index is 9.97. The van der Waals surface area contributed by atoms with Crippen LogP contribution in [0.25, 0.3) is 0 Å². The average molecular weight is 207 g/mol. The van der Waals surface area contributed by atoms with Crippen molar-refractivity contribution in [1.82, 2.24) is 4.57 Å². The summed E-state index contributed by atoms with van der Waals surface area (Å²) in [6.07, 6.45) is 4.37. The summed E-state index contributed by atoms with van der Waals surface area (Å²) in [6.45, 7) is 2.64. The molecule has 80 valence electrons. The molecule has 0 aliphatic carbocycles. The maximum atomic E-state index is 9.97. The van der Waals surface area contributed by atoms with Crippen molar-refractivity contribution in [3.63, 3.8) is 0 Å². The second-order valence-electron chi connectivity index (χ2n) is 3.99. The first-order valence-electron chi connectivity index (χ1n) is 5.22. The number of nitrogens with zero attached hydrogens (tertiary/aromatic N) is 1. The molecule has 3 rings (SSSR count). The van der Waals surface area contributed by atoms with Crippen LogP contribution in [0, 0.1) is 0 Å². The summed E-state index contributed by atoms with van der Waals surface area (Å²) < 4.78 is 7.09. The fourth-order valence-electron chi connectivity index (χ4n) is 2.41. The van der Waals surface area contributed by atoms with Gasteiger partial charge in [-0.2, -0.15) is 0 Å². The van der Waals surface area contributed by atoms with E-state index in [4.69, 9.17) is 4.74 Å². The third-order valence-corrected chi connectivity index (χ3v) is 3.05. The van der Waals surface area contributed by atoms with Crippen molar-refractivity contribution in [1.29, 1.82) is 0 Å². The lowest BCUT2D eigenvalue weighted by atomic mass is 10.0. The van der Waals surface area contributed by atoms with E-state index in [0.717, 1.165) is 17.5 Å². The van der Waals surface area contributed by atoms with Crippen LogP contribution in [-0.4, -0.2) is 14.8 Å². The second-order valence-corrected chi connectivity index (χ2v) is 3.99. The molecule has 2 atom stereocenters. The van der Waals surface area contributed by atoms with Gasteiger partial charge in [0, 0.05) is 6.54 Å². The Morgan fingerprint density at radius 3 is 2.20 bits per heavy atom. The number of hydrogen-bond acceptors (Lipinski definition) is 3. The van der Waals surface area contributed by atoms with Gasteiger partial charge >= 0.3 is 0 Å². The van der Waals surface area contributed by atoms with Gasteiger partial charge in [-0.15, -0.1) is 0 Å². The lowest BCUT2D eigenvalue weighted by Gasteiger charge is -2.08. The number of hydrogen-bond donors (Lipinski definition) is 2. The number of rotatable bonds is 2. The molecule has 0 saturated carbocycles. The summed E-state index contributed by atoms with van der Waals surface area (Å²) in [5.41, 5.74) is 1.49. The minimum absolute atomic E-state index is 0.154. The lowest BCUT2D eigenvalue weighted by molar-refractivity contribution is 0.0837. The SMILES string of the molecule is CCCn1c(O)c2c(c1O)C1C=CC2O1. The van der Waals surface area contributed by atoms with E-state index >= 15 is 0 Å². The minimum atomic E-state index is -0.172. The quantitative estimate of drug-likeness (QED) is 0.729. The molecule has 2 aliphatic rings. The summed E-state index contributed by atoms with van der Waals surface area (Å²) in [4.78, 5) is 0. The van der Waals surface area contributed by atoms with E-state index in [-0.39, 0.29) is 24.0 Å².